The Morgan fingerprint density at radius 1 is 1.41 bits per heavy atom. The molecule has 0 heterocycles. The van der Waals surface area contributed by atoms with E-state index in [0.29, 0.717) is 12.3 Å². The Bertz CT molecular complexity index is 386. The van der Waals surface area contributed by atoms with Crippen molar-refractivity contribution in [2.24, 2.45) is 5.92 Å². The van der Waals surface area contributed by atoms with Gasteiger partial charge >= 0.3 is 5.97 Å². The molecule has 0 amide bonds. The van der Waals surface area contributed by atoms with Gasteiger partial charge in [0.2, 0.25) is 0 Å². The minimum atomic E-state index is -0.927. The van der Waals surface area contributed by atoms with Gasteiger partial charge in [-0.1, -0.05) is 37.3 Å². The van der Waals surface area contributed by atoms with Crippen molar-refractivity contribution in [2.75, 3.05) is 6.54 Å². The Morgan fingerprint density at radius 2 is 2.06 bits per heavy atom. The van der Waals surface area contributed by atoms with Gasteiger partial charge in [-0.15, -0.1) is 0 Å². The summed E-state index contributed by atoms with van der Waals surface area (Å²) in [4.78, 5) is 11.6. The maximum atomic E-state index is 11.6. The molecule has 0 saturated heterocycles. The van der Waals surface area contributed by atoms with Gasteiger partial charge in [-0.2, -0.15) is 0 Å². The molecule has 92 valence electrons. The highest BCUT2D eigenvalue weighted by molar-refractivity contribution is 5.80. The molecule has 0 bridgehead atoms. The van der Waals surface area contributed by atoms with Crippen molar-refractivity contribution in [3.8, 4) is 0 Å². The summed E-state index contributed by atoms with van der Waals surface area (Å²) < 4.78 is 0. The number of carboxylic acid groups (broad SMARTS) is 1. The SMILES string of the molecule is CCC(NCC1CC1)(C(=O)O)c1ccccc1. The number of carboxylic acids is 1. The molecule has 1 fully saturated rings. The quantitative estimate of drug-likeness (QED) is 0.793. The van der Waals surface area contributed by atoms with Crippen molar-refractivity contribution in [1.82, 2.24) is 5.32 Å². The summed E-state index contributed by atoms with van der Waals surface area (Å²) in [5, 5.41) is 12.8. The number of nitrogens with one attached hydrogen (secondary N) is 1. The summed E-state index contributed by atoms with van der Waals surface area (Å²) in [6, 6.07) is 9.46. The van der Waals surface area contributed by atoms with Crippen LogP contribution in [0.1, 0.15) is 31.7 Å². The molecule has 2 rings (SSSR count). The van der Waals surface area contributed by atoms with Crippen LogP contribution in [-0.2, 0) is 10.3 Å². The molecule has 3 nitrogen and oxygen atoms in total. The number of hydrogen-bond acceptors (Lipinski definition) is 2. The fraction of sp³-hybridized carbons (Fsp3) is 0.500. The zero-order chi connectivity index (χ0) is 12.3. The van der Waals surface area contributed by atoms with Crippen LogP contribution in [0.4, 0.5) is 0 Å². The van der Waals surface area contributed by atoms with E-state index in [1.165, 1.54) is 12.8 Å². The molecule has 1 unspecified atom stereocenters. The highest BCUT2D eigenvalue weighted by atomic mass is 16.4. The van der Waals surface area contributed by atoms with Crippen LogP contribution < -0.4 is 5.32 Å². The van der Waals surface area contributed by atoms with Crippen LogP contribution in [0.15, 0.2) is 30.3 Å². The van der Waals surface area contributed by atoms with E-state index in [4.69, 9.17) is 0 Å². The first-order chi connectivity index (χ1) is 8.19. The molecular weight excluding hydrogens is 214 g/mol. The molecule has 1 aromatic rings. The summed E-state index contributed by atoms with van der Waals surface area (Å²) >= 11 is 0. The third kappa shape index (κ3) is 2.50. The first kappa shape index (κ1) is 12.1. The van der Waals surface area contributed by atoms with Crippen molar-refractivity contribution in [3.63, 3.8) is 0 Å². The Hall–Kier alpha value is -1.35. The average Bonchev–Trinajstić information content (AvgIpc) is 3.15. The molecule has 1 aromatic carbocycles. The Morgan fingerprint density at radius 3 is 2.53 bits per heavy atom. The molecule has 1 aliphatic rings. The summed E-state index contributed by atoms with van der Waals surface area (Å²) in [5.41, 5.74) is -0.0835. The van der Waals surface area contributed by atoms with Crippen LogP contribution in [-0.4, -0.2) is 17.6 Å². The lowest BCUT2D eigenvalue weighted by molar-refractivity contribution is -0.145. The fourth-order valence-electron chi connectivity index (χ4n) is 2.14. The number of carbonyl (C=O) groups is 1. The highest BCUT2D eigenvalue weighted by Crippen LogP contribution is 2.31. The fourth-order valence-corrected chi connectivity index (χ4v) is 2.14. The second-order valence-electron chi connectivity index (χ2n) is 4.75. The molecule has 0 aliphatic heterocycles. The highest BCUT2D eigenvalue weighted by Gasteiger charge is 2.39. The Kier molecular flexibility index (Phi) is 3.48. The minimum Gasteiger partial charge on any atom is -0.480 e. The Labute approximate surface area is 102 Å². The third-order valence-corrected chi connectivity index (χ3v) is 3.55. The van der Waals surface area contributed by atoms with Crippen molar-refractivity contribution < 1.29 is 9.90 Å². The van der Waals surface area contributed by atoms with Crippen LogP contribution in [0.3, 0.4) is 0 Å². The van der Waals surface area contributed by atoms with E-state index >= 15 is 0 Å². The van der Waals surface area contributed by atoms with E-state index in [1.54, 1.807) is 0 Å². The van der Waals surface area contributed by atoms with E-state index in [2.05, 4.69) is 5.32 Å². The topological polar surface area (TPSA) is 49.3 Å². The number of benzene rings is 1. The molecule has 1 atom stereocenters. The van der Waals surface area contributed by atoms with E-state index in [-0.39, 0.29) is 0 Å². The maximum Gasteiger partial charge on any atom is 0.328 e. The predicted octanol–water partition coefficient (Wildman–Crippen LogP) is 2.38. The second kappa shape index (κ2) is 4.88. The van der Waals surface area contributed by atoms with E-state index in [0.717, 1.165) is 12.1 Å². The van der Waals surface area contributed by atoms with Gasteiger partial charge in [-0.05, 0) is 37.3 Å². The monoisotopic (exact) mass is 233 g/mol. The van der Waals surface area contributed by atoms with Crippen molar-refractivity contribution >= 4 is 5.97 Å². The Balaban J connectivity index is 2.23. The molecule has 1 saturated carbocycles. The lowest BCUT2D eigenvalue weighted by Gasteiger charge is -2.30. The molecule has 3 heteroatoms. The molecule has 17 heavy (non-hydrogen) atoms. The van der Waals surface area contributed by atoms with Gasteiger partial charge < -0.3 is 5.11 Å². The van der Waals surface area contributed by atoms with Crippen LogP contribution in [0.25, 0.3) is 0 Å². The van der Waals surface area contributed by atoms with Crippen LogP contribution >= 0.6 is 0 Å². The standard InChI is InChI=1S/C14H19NO2/c1-2-14(13(16)17,15-10-11-8-9-11)12-6-4-3-5-7-12/h3-7,11,15H,2,8-10H2,1H3,(H,16,17). The van der Waals surface area contributed by atoms with Crippen molar-refractivity contribution in [1.29, 1.82) is 0 Å². The van der Waals surface area contributed by atoms with Crippen molar-refractivity contribution in [3.05, 3.63) is 35.9 Å². The molecule has 0 spiro atoms. The van der Waals surface area contributed by atoms with Crippen LogP contribution in [0, 0.1) is 5.92 Å². The van der Waals surface area contributed by atoms with Gasteiger partial charge in [-0.25, -0.2) is 4.79 Å². The zero-order valence-electron chi connectivity index (χ0n) is 10.1. The lowest BCUT2D eigenvalue weighted by Crippen LogP contribution is -2.49. The number of aliphatic carboxylic acids is 1. The largest absolute Gasteiger partial charge is 0.480 e. The second-order valence-corrected chi connectivity index (χ2v) is 4.75. The summed E-state index contributed by atoms with van der Waals surface area (Å²) in [6.45, 7) is 2.72. The molecule has 1 aliphatic carbocycles. The van der Waals surface area contributed by atoms with Gasteiger partial charge in [-0.3, -0.25) is 5.32 Å². The summed E-state index contributed by atoms with van der Waals surface area (Å²) in [6.07, 6.45) is 3.00. The van der Waals surface area contributed by atoms with Gasteiger partial charge in [0.15, 0.2) is 0 Å². The van der Waals surface area contributed by atoms with Crippen LogP contribution in [0.5, 0.6) is 0 Å². The lowest BCUT2D eigenvalue weighted by atomic mass is 9.87. The van der Waals surface area contributed by atoms with Gasteiger partial charge in [0, 0.05) is 0 Å². The first-order valence-corrected chi connectivity index (χ1v) is 6.23. The first-order valence-electron chi connectivity index (χ1n) is 6.23. The third-order valence-electron chi connectivity index (χ3n) is 3.55. The minimum absolute atomic E-state index is 0.555. The molecule has 2 N–H and O–H groups in total. The summed E-state index contributed by atoms with van der Waals surface area (Å²) in [7, 11) is 0. The molecule has 0 radical (unpaired) electrons. The normalized spacial score (nSPS) is 18.6. The summed E-state index contributed by atoms with van der Waals surface area (Å²) in [5.74, 6) is -0.115. The van der Waals surface area contributed by atoms with Crippen molar-refractivity contribution in [2.45, 2.75) is 31.7 Å². The molecule has 0 aromatic heterocycles. The smallest absolute Gasteiger partial charge is 0.328 e. The number of hydrogen-bond donors (Lipinski definition) is 2. The van der Waals surface area contributed by atoms with Crippen LogP contribution in [0.2, 0.25) is 0 Å². The van der Waals surface area contributed by atoms with Gasteiger partial charge in [0.05, 0.1) is 0 Å². The van der Waals surface area contributed by atoms with Gasteiger partial charge in [0.25, 0.3) is 0 Å². The number of rotatable bonds is 6. The van der Waals surface area contributed by atoms with E-state index in [9.17, 15) is 9.90 Å². The maximum absolute atomic E-state index is 11.6. The van der Waals surface area contributed by atoms with E-state index < -0.39 is 11.5 Å². The average molecular weight is 233 g/mol. The molecular formula is C14H19NO2. The van der Waals surface area contributed by atoms with E-state index in [1.807, 2.05) is 37.3 Å². The van der Waals surface area contributed by atoms with Gasteiger partial charge in [0.1, 0.15) is 5.54 Å². The predicted molar refractivity (Wildman–Crippen MR) is 66.8 cm³/mol. The zero-order valence-corrected chi connectivity index (χ0v) is 10.1.